The predicted octanol–water partition coefficient (Wildman–Crippen LogP) is 0.697. The summed E-state index contributed by atoms with van der Waals surface area (Å²) in [6.45, 7) is 4.08. The zero-order valence-corrected chi connectivity index (χ0v) is 11.2. The van der Waals surface area contributed by atoms with Gasteiger partial charge in [0.2, 0.25) is 15.9 Å². The van der Waals surface area contributed by atoms with Crippen LogP contribution < -0.4 is 10.0 Å². The molecule has 0 aliphatic carbocycles. The summed E-state index contributed by atoms with van der Waals surface area (Å²) in [5.41, 5.74) is 2.93. The highest BCUT2D eigenvalue weighted by molar-refractivity contribution is 7.89. The molecule has 1 unspecified atom stereocenters. The lowest BCUT2D eigenvalue weighted by Crippen LogP contribution is -2.32. The quantitative estimate of drug-likeness (QED) is 0.857. The predicted molar refractivity (Wildman–Crippen MR) is 69.8 cm³/mol. The fraction of sp³-hybridized carbons (Fsp3) is 0.417. The zero-order chi connectivity index (χ0) is 13.5. The second-order valence-corrected chi connectivity index (χ2v) is 6.53. The SMILES string of the molecule is Cc1ccc(N2CC(S(N)(=O)=O)CC2=O)cc1C. The maximum Gasteiger partial charge on any atom is 0.228 e. The Bertz CT molecular complexity index is 595. The standard InChI is InChI=1S/C12H16N2O3S/c1-8-3-4-10(5-9(8)2)14-7-11(6-12(14)15)18(13,16)17/h3-5,11H,6-7H2,1-2H3,(H2,13,16,17). The summed E-state index contributed by atoms with van der Waals surface area (Å²) in [4.78, 5) is 13.3. The number of carbonyl (C=O) groups is 1. The van der Waals surface area contributed by atoms with Crippen molar-refractivity contribution in [1.29, 1.82) is 0 Å². The number of anilines is 1. The smallest absolute Gasteiger partial charge is 0.228 e. The van der Waals surface area contributed by atoms with E-state index in [1.54, 1.807) is 0 Å². The summed E-state index contributed by atoms with van der Waals surface area (Å²) in [7, 11) is -3.66. The van der Waals surface area contributed by atoms with Crippen LogP contribution in [0.4, 0.5) is 5.69 Å². The Morgan fingerprint density at radius 2 is 1.94 bits per heavy atom. The third-order valence-electron chi connectivity index (χ3n) is 3.36. The Morgan fingerprint density at radius 1 is 1.28 bits per heavy atom. The minimum Gasteiger partial charge on any atom is -0.311 e. The maximum absolute atomic E-state index is 11.8. The molecule has 0 bridgehead atoms. The van der Waals surface area contributed by atoms with Crippen molar-refractivity contribution in [2.45, 2.75) is 25.5 Å². The topological polar surface area (TPSA) is 80.5 Å². The van der Waals surface area contributed by atoms with Crippen LogP contribution in [0.3, 0.4) is 0 Å². The molecular weight excluding hydrogens is 252 g/mol. The van der Waals surface area contributed by atoms with Gasteiger partial charge in [-0.25, -0.2) is 13.6 Å². The van der Waals surface area contributed by atoms with E-state index in [2.05, 4.69) is 0 Å². The van der Waals surface area contributed by atoms with E-state index in [1.807, 2.05) is 32.0 Å². The summed E-state index contributed by atoms with van der Waals surface area (Å²) in [5, 5.41) is 4.29. The molecule has 2 rings (SSSR count). The minimum absolute atomic E-state index is 0.0360. The molecule has 5 nitrogen and oxygen atoms in total. The molecule has 0 aromatic heterocycles. The van der Waals surface area contributed by atoms with Gasteiger partial charge in [-0.05, 0) is 37.1 Å². The zero-order valence-electron chi connectivity index (χ0n) is 10.4. The molecule has 1 amide bonds. The second kappa shape index (κ2) is 4.37. The largest absolute Gasteiger partial charge is 0.311 e. The summed E-state index contributed by atoms with van der Waals surface area (Å²) < 4.78 is 22.6. The third-order valence-corrected chi connectivity index (χ3v) is 4.60. The average Bonchev–Trinajstić information content (AvgIpc) is 2.64. The number of sulfonamides is 1. The molecule has 1 saturated heterocycles. The Hall–Kier alpha value is -1.40. The van der Waals surface area contributed by atoms with Crippen LogP contribution in [-0.4, -0.2) is 26.1 Å². The number of nitrogens with zero attached hydrogens (tertiary/aromatic N) is 1. The van der Waals surface area contributed by atoms with Gasteiger partial charge in [0.25, 0.3) is 0 Å². The Morgan fingerprint density at radius 3 is 2.44 bits per heavy atom. The van der Waals surface area contributed by atoms with Gasteiger partial charge in [-0.1, -0.05) is 6.07 Å². The van der Waals surface area contributed by atoms with Crippen molar-refractivity contribution in [2.75, 3.05) is 11.4 Å². The summed E-state index contributed by atoms with van der Waals surface area (Å²) in [6.07, 6.45) is -0.0360. The number of rotatable bonds is 2. The van der Waals surface area contributed by atoms with Crippen LogP contribution in [0.15, 0.2) is 18.2 Å². The number of primary sulfonamides is 1. The van der Waals surface area contributed by atoms with Crippen LogP contribution in [-0.2, 0) is 14.8 Å². The van der Waals surface area contributed by atoms with Gasteiger partial charge in [-0.2, -0.15) is 0 Å². The monoisotopic (exact) mass is 268 g/mol. The maximum atomic E-state index is 11.8. The number of hydrogen-bond donors (Lipinski definition) is 1. The van der Waals surface area contributed by atoms with Gasteiger partial charge in [-0.15, -0.1) is 0 Å². The third kappa shape index (κ3) is 2.39. The molecule has 1 aromatic carbocycles. The van der Waals surface area contributed by atoms with Crippen LogP contribution in [0, 0.1) is 13.8 Å². The summed E-state index contributed by atoms with van der Waals surface area (Å²) in [6, 6.07) is 5.63. The van der Waals surface area contributed by atoms with Crippen LogP contribution in [0.5, 0.6) is 0 Å². The first-order chi connectivity index (χ1) is 8.29. The van der Waals surface area contributed by atoms with Crippen molar-refractivity contribution >= 4 is 21.6 Å². The Labute approximate surface area is 107 Å². The van der Waals surface area contributed by atoms with E-state index in [9.17, 15) is 13.2 Å². The molecule has 1 aliphatic rings. The van der Waals surface area contributed by atoms with Gasteiger partial charge in [0.05, 0.1) is 0 Å². The molecule has 2 N–H and O–H groups in total. The summed E-state index contributed by atoms with van der Waals surface area (Å²) in [5.74, 6) is -0.197. The first-order valence-electron chi connectivity index (χ1n) is 5.68. The van der Waals surface area contributed by atoms with Crippen LogP contribution in [0.25, 0.3) is 0 Å². The first kappa shape index (κ1) is 13.0. The molecule has 0 radical (unpaired) electrons. The van der Waals surface area contributed by atoms with E-state index in [1.165, 1.54) is 4.90 Å². The Balaban J connectivity index is 2.30. The number of benzene rings is 1. The van der Waals surface area contributed by atoms with Gasteiger partial charge in [0.15, 0.2) is 0 Å². The molecule has 0 spiro atoms. The fourth-order valence-electron chi connectivity index (χ4n) is 2.04. The fourth-order valence-corrected chi connectivity index (χ4v) is 2.77. The number of hydrogen-bond acceptors (Lipinski definition) is 3. The molecule has 1 aliphatic heterocycles. The van der Waals surface area contributed by atoms with E-state index in [-0.39, 0.29) is 18.9 Å². The van der Waals surface area contributed by atoms with E-state index in [0.29, 0.717) is 0 Å². The van der Waals surface area contributed by atoms with E-state index < -0.39 is 15.3 Å². The number of aryl methyl sites for hydroxylation is 2. The molecule has 18 heavy (non-hydrogen) atoms. The van der Waals surface area contributed by atoms with Crippen molar-refractivity contribution < 1.29 is 13.2 Å². The molecular formula is C12H16N2O3S. The number of carbonyl (C=O) groups excluding carboxylic acids is 1. The molecule has 1 heterocycles. The number of nitrogens with two attached hydrogens (primary N) is 1. The van der Waals surface area contributed by atoms with Gasteiger partial charge < -0.3 is 4.90 Å². The first-order valence-corrected chi connectivity index (χ1v) is 7.29. The molecule has 1 atom stereocenters. The molecule has 0 saturated carbocycles. The van der Waals surface area contributed by atoms with E-state index in [0.717, 1.165) is 16.8 Å². The highest BCUT2D eigenvalue weighted by Crippen LogP contribution is 2.25. The van der Waals surface area contributed by atoms with Gasteiger partial charge in [-0.3, -0.25) is 4.79 Å². The highest BCUT2D eigenvalue weighted by Gasteiger charge is 2.37. The molecule has 1 aromatic rings. The van der Waals surface area contributed by atoms with E-state index >= 15 is 0 Å². The van der Waals surface area contributed by atoms with Gasteiger partial charge in [0.1, 0.15) is 5.25 Å². The normalized spacial score (nSPS) is 20.5. The molecule has 98 valence electrons. The van der Waals surface area contributed by atoms with Gasteiger partial charge >= 0.3 is 0 Å². The van der Waals surface area contributed by atoms with Crippen molar-refractivity contribution in [3.63, 3.8) is 0 Å². The van der Waals surface area contributed by atoms with Crippen LogP contribution in [0.1, 0.15) is 17.5 Å². The second-order valence-electron chi connectivity index (χ2n) is 4.69. The minimum atomic E-state index is -3.66. The van der Waals surface area contributed by atoms with Crippen LogP contribution in [0.2, 0.25) is 0 Å². The van der Waals surface area contributed by atoms with Crippen molar-refractivity contribution in [3.8, 4) is 0 Å². The lowest BCUT2D eigenvalue weighted by molar-refractivity contribution is -0.117. The highest BCUT2D eigenvalue weighted by atomic mass is 32.2. The van der Waals surface area contributed by atoms with Gasteiger partial charge in [0, 0.05) is 18.7 Å². The van der Waals surface area contributed by atoms with Crippen molar-refractivity contribution in [3.05, 3.63) is 29.3 Å². The molecule has 1 fully saturated rings. The lowest BCUT2D eigenvalue weighted by Gasteiger charge is -2.17. The average molecular weight is 268 g/mol. The Kier molecular flexibility index (Phi) is 3.16. The summed E-state index contributed by atoms with van der Waals surface area (Å²) >= 11 is 0. The van der Waals surface area contributed by atoms with Crippen LogP contribution >= 0.6 is 0 Å². The lowest BCUT2D eigenvalue weighted by atomic mass is 10.1. The van der Waals surface area contributed by atoms with E-state index in [4.69, 9.17) is 5.14 Å². The van der Waals surface area contributed by atoms with Crippen molar-refractivity contribution in [2.24, 2.45) is 5.14 Å². The molecule has 6 heteroatoms. The number of amides is 1. The van der Waals surface area contributed by atoms with Crippen molar-refractivity contribution in [1.82, 2.24) is 0 Å².